The predicted octanol–water partition coefficient (Wildman–Crippen LogP) is 2.29. The van der Waals surface area contributed by atoms with E-state index in [4.69, 9.17) is 0 Å². The highest BCUT2D eigenvalue weighted by molar-refractivity contribution is 5.92. The van der Waals surface area contributed by atoms with Crippen LogP contribution >= 0.6 is 0 Å². The number of nitrogens with one attached hydrogen (secondary N) is 1. The molecular formula is C17H23N5O. The molecule has 0 radical (unpaired) electrons. The summed E-state index contributed by atoms with van der Waals surface area (Å²) in [5, 5.41) is 7.22. The van der Waals surface area contributed by atoms with Gasteiger partial charge in [-0.3, -0.25) is 19.4 Å². The standard InChI is InChI=1S/C17H23N5O/c1-13-15(11-21(2)20-13)19-17(23)12-22-10-6-4-8-16(22)14-7-3-5-9-18-14/h3,5,7,9,11,16H,4,6,8,10,12H2,1-2H3,(H,19,23). The van der Waals surface area contributed by atoms with Gasteiger partial charge < -0.3 is 5.32 Å². The summed E-state index contributed by atoms with van der Waals surface area (Å²) < 4.78 is 1.71. The fourth-order valence-corrected chi connectivity index (χ4v) is 3.18. The molecule has 0 aliphatic carbocycles. The van der Waals surface area contributed by atoms with Gasteiger partial charge in [-0.25, -0.2) is 0 Å². The van der Waals surface area contributed by atoms with Crippen LogP contribution in [0.2, 0.25) is 0 Å². The summed E-state index contributed by atoms with van der Waals surface area (Å²) >= 11 is 0. The third kappa shape index (κ3) is 3.76. The molecule has 0 aromatic carbocycles. The lowest BCUT2D eigenvalue weighted by Crippen LogP contribution is -2.39. The van der Waals surface area contributed by atoms with E-state index in [1.54, 1.807) is 4.68 Å². The maximum absolute atomic E-state index is 12.4. The number of anilines is 1. The first-order chi connectivity index (χ1) is 11.1. The van der Waals surface area contributed by atoms with Gasteiger partial charge in [0.1, 0.15) is 0 Å². The molecule has 1 N–H and O–H groups in total. The van der Waals surface area contributed by atoms with Crippen LogP contribution in [0.5, 0.6) is 0 Å². The minimum absolute atomic E-state index is 0.00364. The molecule has 1 saturated heterocycles. The Hall–Kier alpha value is -2.21. The van der Waals surface area contributed by atoms with E-state index in [-0.39, 0.29) is 11.9 Å². The van der Waals surface area contributed by atoms with Crippen LogP contribution in [-0.2, 0) is 11.8 Å². The molecule has 0 bridgehead atoms. The van der Waals surface area contributed by atoms with Gasteiger partial charge in [-0.05, 0) is 38.4 Å². The maximum atomic E-state index is 12.4. The van der Waals surface area contributed by atoms with Crippen molar-refractivity contribution in [3.8, 4) is 0 Å². The van der Waals surface area contributed by atoms with Crippen LogP contribution in [0.15, 0.2) is 30.6 Å². The first-order valence-electron chi connectivity index (χ1n) is 8.08. The van der Waals surface area contributed by atoms with E-state index < -0.39 is 0 Å². The smallest absolute Gasteiger partial charge is 0.238 e. The van der Waals surface area contributed by atoms with Gasteiger partial charge in [0.25, 0.3) is 0 Å². The third-order valence-corrected chi connectivity index (χ3v) is 4.28. The van der Waals surface area contributed by atoms with Crippen LogP contribution in [0.1, 0.15) is 36.7 Å². The molecule has 1 aliphatic heterocycles. The molecule has 122 valence electrons. The molecule has 2 aromatic heterocycles. The molecule has 1 amide bonds. The zero-order valence-electron chi connectivity index (χ0n) is 13.7. The van der Waals surface area contributed by atoms with Crippen molar-refractivity contribution >= 4 is 11.6 Å². The quantitative estimate of drug-likeness (QED) is 0.940. The number of carbonyl (C=O) groups is 1. The number of rotatable bonds is 4. The lowest BCUT2D eigenvalue weighted by atomic mass is 9.99. The highest BCUT2D eigenvalue weighted by Gasteiger charge is 2.26. The third-order valence-electron chi connectivity index (χ3n) is 4.28. The SMILES string of the molecule is Cc1nn(C)cc1NC(=O)CN1CCCCC1c1ccccn1. The second-order valence-corrected chi connectivity index (χ2v) is 6.09. The molecule has 2 aromatic rings. The second kappa shape index (κ2) is 6.91. The highest BCUT2D eigenvalue weighted by Crippen LogP contribution is 2.29. The van der Waals surface area contributed by atoms with Crippen LogP contribution in [-0.4, -0.2) is 38.7 Å². The Bertz CT molecular complexity index is 667. The maximum Gasteiger partial charge on any atom is 0.238 e. The average Bonchev–Trinajstić information content (AvgIpc) is 2.86. The first-order valence-corrected chi connectivity index (χ1v) is 8.08. The lowest BCUT2D eigenvalue weighted by Gasteiger charge is -2.34. The van der Waals surface area contributed by atoms with Crippen LogP contribution in [0, 0.1) is 6.92 Å². The van der Waals surface area contributed by atoms with Crippen LogP contribution in [0.25, 0.3) is 0 Å². The van der Waals surface area contributed by atoms with Gasteiger partial charge in [0, 0.05) is 19.4 Å². The Kier molecular flexibility index (Phi) is 4.71. The normalized spacial score (nSPS) is 18.8. The number of hydrogen-bond donors (Lipinski definition) is 1. The summed E-state index contributed by atoms with van der Waals surface area (Å²) in [7, 11) is 1.85. The Balaban J connectivity index is 1.67. The largest absolute Gasteiger partial charge is 0.322 e. The summed E-state index contributed by atoms with van der Waals surface area (Å²) in [6, 6.07) is 6.21. The Morgan fingerprint density at radius 1 is 1.39 bits per heavy atom. The summed E-state index contributed by atoms with van der Waals surface area (Å²) in [5.74, 6) is 0.00364. The highest BCUT2D eigenvalue weighted by atomic mass is 16.2. The zero-order valence-corrected chi connectivity index (χ0v) is 13.7. The summed E-state index contributed by atoms with van der Waals surface area (Å²) in [6.45, 7) is 3.21. The number of carbonyl (C=O) groups excluding carboxylic acids is 1. The van der Waals surface area contributed by atoms with Crippen LogP contribution in [0.4, 0.5) is 5.69 Å². The molecular weight excluding hydrogens is 290 g/mol. The van der Waals surface area contributed by atoms with Gasteiger partial charge in [-0.2, -0.15) is 5.10 Å². The van der Waals surface area contributed by atoms with E-state index in [2.05, 4.69) is 20.3 Å². The van der Waals surface area contributed by atoms with Gasteiger partial charge >= 0.3 is 0 Å². The molecule has 6 heteroatoms. The lowest BCUT2D eigenvalue weighted by molar-refractivity contribution is -0.118. The second-order valence-electron chi connectivity index (χ2n) is 6.09. The van der Waals surface area contributed by atoms with Crippen LogP contribution < -0.4 is 5.32 Å². The predicted molar refractivity (Wildman–Crippen MR) is 89.0 cm³/mol. The van der Waals surface area contributed by atoms with Crippen molar-refractivity contribution in [1.29, 1.82) is 0 Å². The molecule has 3 rings (SSSR count). The number of hydrogen-bond acceptors (Lipinski definition) is 4. The monoisotopic (exact) mass is 313 g/mol. The minimum atomic E-state index is 0.00364. The molecule has 23 heavy (non-hydrogen) atoms. The molecule has 3 heterocycles. The number of pyridine rings is 1. The molecule has 0 spiro atoms. The van der Waals surface area contributed by atoms with Gasteiger partial charge in [0.15, 0.2) is 0 Å². The van der Waals surface area contributed by atoms with Crippen molar-refractivity contribution in [2.24, 2.45) is 7.05 Å². The van der Waals surface area contributed by atoms with E-state index in [0.29, 0.717) is 6.54 Å². The Morgan fingerprint density at radius 2 is 2.26 bits per heavy atom. The van der Waals surface area contributed by atoms with Gasteiger partial charge in [-0.1, -0.05) is 12.5 Å². The summed E-state index contributed by atoms with van der Waals surface area (Å²) in [6.07, 6.45) is 7.01. The van der Waals surface area contributed by atoms with E-state index in [0.717, 1.165) is 36.5 Å². The Labute approximate surface area is 136 Å². The van der Waals surface area contributed by atoms with Gasteiger partial charge in [-0.15, -0.1) is 0 Å². The van der Waals surface area contributed by atoms with E-state index in [1.165, 1.54) is 6.42 Å². The van der Waals surface area contributed by atoms with Crippen molar-refractivity contribution < 1.29 is 4.79 Å². The van der Waals surface area contributed by atoms with Crippen LogP contribution in [0.3, 0.4) is 0 Å². The fourth-order valence-electron chi connectivity index (χ4n) is 3.18. The number of nitrogens with zero attached hydrogens (tertiary/aromatic N) is 4. The number of aromatic nitrogens is 3. The molecule has 1 atom stereocenters. The molecule has 1 aliphatic rings. The number of likely N-dealkylation sites (tertiary alicyclic amines) is 1. The van der Waals surface area contributed by atoms with E-state index in [1.807, 2.05) is 44.6 Å². The minimum Gasteiger partial charge on any atom is -0.322 e. The molecule has 1 unspecified atom stereocenters. The number of piperidine rings is 1. The van der Waals surface area contributed by atoms with Crippen molar-refractivity contribution in [3.05, 3.63) is 42.0 Å². The van der Waals surface area contributed by atoms with Crippen molar-refractivity contribution in [2.45, 2.75) is 32.2 Å². The van der Waals surface area contributed by atoms with Gasteiger partial charge in [0.05, 0.1) is 29.7 Å². The van der Waals surface area contributed by atoms with E-state index in [9.17, 15) is 4.79 Å². The topological polar surface area (TPSA) is 63.1 Å². The fraction of sp³-hybridized carbons (Fsp3) is 0.471. The summed E-state index contributed by atoms with van der Waals surface area (Å²) in [5.41, 5.74) is 2.67. The van der Waals surface area contributed by atoms with Crippen molar-refractivity contribution in [1.82, 2.24) is 19.7 Å². The molecule has 1 fully saturated rings. The van der Waals surface area contributed by atoms with E-state index >= 15 is 0 Å². The zero-order chi connectivity index (χ0) is 16.2. The molecule has 6 nitrogen and oxygen atoms in total. The van der Waals surface area contributed by atoms with Gasteiger partial charge in [0.2, 0.25) is 5.91 Å². The van der Waals surface area contributed by atoms with Crippen molar-refractivity contribution in [3.63, 3.8) is 0 Å². The molecule has 0 saturated carbocycles. The number of amides is 1. The Morgan fingerprint density at radius 3 is 2.96 bits per heavy atom. The average molecular weight is 313 g/mol. The van der Waals surface area contributed by atoms with Crippen molar-refractivity contribution in [2.75, 3.05) is 18.4 Å². The summed E-state index contributed by atoms with van der Waals surface area (Å²) in [4.78, 5) is 19.1. The first kappa shape index (κ1) is 15.7. The number of aryl methyl sites for hydroxylation is 2.